The van der Waals surface area contributed by atoms with E-state index in [1.54, 1.807) is 24.3 Å². The predicted molar refractivity (Wildman–Crippen MR) is 147 cm³/mol. The molecule has 1 N–H and O–H groups in total. The van der Waals surface area contributed by atoms with Gasteiger partial charge in [0.05, 0.1) is 35.1 Å². The third-order valence-electron chi connectivity index (χ3n) is 6.10. The van der Waals surface area contributed by atoms with Gasteiger partial charge in [-0.2, -0.15) is 13.2 Å². The van der Waals surface area contributed by atoms with Crippen molar-refractivity contribution in [2.24, 2.45) is 0 Å². The summed E-state index contributed by atoms with van der Waals surface area (Å²) in [4.78, 5) is 27.7. The van der Waals surface area contributed by atoms with E-state index in [-0.39, 0.29) is 22.2 Å². The number of alkyl halides is 3. The summed E-state index contributed by atoms with van der Waals surface area (Å²) in [5, 5.41) is 8.55. The molecule has 0 aliphatic carbocycles. The normalized spacial score (nSPS) is 17.7. The predicted octanol–water partition coefficient (Wildman–Crippen LogP) is 5.41. The van der Waals surface area contributed by atoms with Gasteiger partial charge in [-0.15, -0.1) is 0 Å². The topological polar surface area (TPSA) is 79.3 Å². The Morgan fingerprint density at radius 2 is 1.85 bits per heavy atom. The number of ether oxygens (including phenoxy) is 2. The number of thioether (sulfide) groups is 1. The third kappa shape index (κ3) is 7.52. The van der Waals surface area contributed by atoms with Crippen molar-refractivity contribution in [1.29, 1.82) is 0 Å². The lowest BCUT2D eigenvalue weighted by Gasteiger charge is -2.26. The van der Waals surface area contributed by atoms with Crippen molar-refractivity contribution < 1.29 is 37.3 Å². The molecule has 0 atom stereocenters. The third-order valence-corrected chi connectivity index (χ3v) is 7.79. The second-order valence-corrected chi connectivity index (χ2v) is 10.8. The van der Waals surface area contributed by atoms with Crippen LogP contribution in [0.15, 0.2) is 41.3 Å². The summed E-state index contributed by atoms with van der Waals surface area (Å²) in [7, 11) is 0. The van der Waals surface area contributed by atoms with E-state index in [2.05, 4.69) is 4.90 Å². The second-order valence-electron chi connectivity index (χ2n) is 8.72. The first-order valence-corrected chi connectivity index (χ1v) is 13.5. The van der Waals surface area contributed by atoms with E-state index in [4.69, 9.17) is 38.4 Å². The number of hydrogen-bond donors (Lipinski definition) is 1. The van der Waals surface area contributed by atoms with Crippen molar-refractivity contribution in [2.75, 3.05) is 46.0 Å². The minimum Gasteiger partial charge on any atom is -0.492 e. The standard InChI is InChI=1S/C26H24ClF3N2O5S2/c27-20-14-17(1-3-19(20)26(28,29)30)16-2-4-21(37-12-9-31-7-10-36-11-8-31)18(13-16)15-22-24(35)32(25(38)39-22)6-5-23(33)34/h1-4,13-15H,5-12H2,(H,33,34). The second kappa shape index (κ2) is 12.7. The smallest absolute Gasteiger partial charge is 0.417 e. The number of aliphatic carboxylic acids is 1. The number of nitrogens with zero attached hydrogens (tertiary/aromatic N) is 2. The highest BCUT2D eigenvalue weighted by molar-refractivity contribution is 8.26. The van der Waals surface area contributed by atoms with Crippen LogP contribution in [-0.2, 0) is 20.5 Å². The van der Waals surface area contributed by atoms with Crippen LogP contribution in [0.3, 0.4) is 0 Å². The fraction of sp³-hybridized carbons (Fsp3) is 0.346. The van der Waals surface area contributed by atoms with E-state index in [1.165, 1.54) is 17.0 Å². The Kier molecular flexibility index (Phi) is 9.55. The Morgan fingerprint density at radius 3 is 2.51 bits per heavy atom. The van der Waals surface area contributed by atoms with E-state index >= 15 is 0 Å². The molecule has 208 valence electrons. The molecule has 0 bridgehead atoms. The van der Waals surface area contributed by atoms with Gasteiger partial charge in [-0.05, 0) is 41.5 Å². The highest BCUT2D eigenvalue weighted by atomic mass is 35.5. The van der Waals surface area contributed by atoms with Gasteiger partial charge in [0.2, 0.25) is 0 Å². The van der Waals surface area contributed by atoms with E-state index in [9.17, 15) is 22.8 Å². The molecule has 2 aliphatic heterocycles. The number of morpholine rings is 1. The molecular formula is C26H24ClF3N2O5S2. The van der Waals surface area contributed by atoms with Gasteiger partial charge in [0.25, 0.3) is 5.91 Å². The van der Waals surface area contributed by atoms with E-state index in [1.807, 2.05) is 0 Å². The summed E-state index contributed by atoms with van der Waals surface area (Å²) in [5.41, 5.74) is 0.612. The molecule has 2 aromatic rings. The molecular weight excluding hydrogens is 577 g/mol. The first kappa shape index (κ1) is 29.3. The Bertz CT molecular complexity index is 1300. The van der Waals surface area contributed by atoms with Gasteiger partial charge < -0.3 is 14.6 Å². The molecule has 0 spiro atoms. The maximum absolute atomic E-state index is 13.2. The van der Waals surface area contributed by atoms with Crippen molar-refractivity contribution in [3.63, 3.8) is 0 Å². The van der Waals surface area contributed by atoms with E-state index in [0.717, 1.165) is 30.9 Å². The fourth-order valence-corrected chi connectivity index (χ4v) is 5.63. The van der Waals surface area contributed by atoms with Crippen LogP contribution in [0.2, 0.25) is 5.02 Å². The molecule has 13 heteroatoms. The summed E-state index contributed by atoms with van der Waals surface area (Å²) < 4.78 is 51.2. The Hall–Kier alpha value is -2.64. The Morgan fingerprint density at radius 1 is 1.15 bits per heavy atom. The molecule has 2 heterocycles. The average Bonchev–Trinajstić information content (AvgIpc) is 3.15. The molecule has 0 saturated carbocycles. The highest BCUT2D eigenvalue weighted by Gasteiger charge is 2.34. The summed E-state index contributed by atoms with van der Waals surface area (Å²) in [6, 6.07) is 8.60. The molecule has 4 rings (SSSR count). The summed E-state index contributed by atoms with van der Waals surface area (Å²) in [6.07, 6.45) is -3.23. The van der Waals surface area contributed by atoms with Crippen molar-refractivity contribution in [3.05, 3.63) is 57.5 Å². The number of amides is 1. The zero-order valence-electron chi connectivity index (χ0n) is 20.5. The first-order valence-electron chi connectivity index (χ1n) is 11.9. The van der Waals surface area contributed by atoms with Crippen LogP contribution in [0.4, 0.5) is 13.2 Å². The van der Waals surface area contributed by atoms with Crippen LogP contribution in [0.1, 0.15) is 17.5 Å². The SMILES string of the molecule is O=C(O)CCN1C(=O)C(=Cc2cc(-c3ccc(C(F)(F)F)c(Cl)c3)ccc2OCCN2CCOCC2)SC1=S. The number of carboxylic acids is 1. The van der Waals surface area contributed by atoms with Crippen LogP contribution < -0.4 is 4.74 Å². The van der Waals surface area contributed by atoms with Gasteiger partial charge in [-0.1, -0.05) is 47.7 Å². The molecule has 0 unspecified atom stereocenters. The summed E-state index contributed by atoms with van der Waals surface area (Å²) >= 11 is 12.3. The minimum atomic E-state index is -4.58. The van der Waals surface area contributed by atoms with Crippen LogP contribution in [0.5, 0.6) is 5.75 Å². The van der Waals surface area contributed by atoms with Crippen molar-refractivity contribution in [1.82, 2.24) is 9.80 Å². The molecule has 0 aromatic heterocycles. The lowest BCUT2D eigenvalue weighted by molar-refractivity contribution is -0.138. The molecule has 2 aromatic carbocycles. The van der Waals surface area contributed by atoms with Crippen LogP contribution >= 0.6 is 35.6 Å². The molecule has 1 amide bonds. The number of carboxylic acid groups (broad SMARTS) is 1. The zero-order chi connectivity index (χ0) is 28.2. The minimum absolute atomic E-state index is 0.0513. The number of thiocarbonyl (C=S) groups is 1. The summed E-state index contributed by atoms with van der Waals surface area (Å²) in [6.45, 7) is 3.87. The quantitative estimate of drug-likeness (QED) is 0.302. The highest BCUT2D eigenvalue weighted by Crippen LogP contribution is 2.39. The molecule has 2 aliphatic rings. The molecule has 39 heavy (non-hydrogen) atoms. The van der Waals surface area contributed by atoms with Gasteiger partial charge in [0, 0.05) is 31.7 Å². The van der Waals surface area contributed by atoms with Crippen molar-refractivity contribution >= 4 is 57.9 Å². The number of carbonyl (C=O) groups is 2. The average molecular weight is 601 g/mol. The van der Waals surface area contributed by atoms with E-state index < -0.39 is 28.6 Å². The lowest BCUT2D eigenvalue weighted by atomic mass is 10.0. The molecule has 2 saturated heterocycles. The Balaban J connectivity index is 1.63. The lowest BCUT2D eigenvalue weighted by Crippen LogP contribution is -2.38. The van der Waals surface area contributed by atoms with Gasteiger partial charge in [-0.25, -0.2) is 0 Å². The Labute approximate surface area is 237 Å². The largest absolute Gasteiger partial charge is 0.492 e. The number of carbonyl (C=O) groups excluding carboxylic acids is 1. The van der Waals surface area contributed by atoms with Crippen LogP contribution in [0, 0.1) is 0 Å². The first-order chi connectivity index (χ1) is 18.5. The number of halogens is 4. The summed E-state index contributed by atoms with van der Waals surface area (Å²) in [5.74, 6) is -0.999. The van der Waals surface area contributed by atoms with Gasteiger partial charge in [0.1, 0.15) is 16.7 Å². The monoisotopic (exact) mass is 600 g/mol. The molecule has 2 fully saturated rings. The van der Waals surface area contributed by atoms with Crippen molar-refractivity contribution in [2.45, 2.75) is 12.6 Å². The van der Waals surface area contributed by atoms with E-state index in [0.29, 0.717) is 48.8 Å². The van der Waals surface area contributed by atoms with Gasteiger partial charge in [0.15, 0.2) is 0 Å². The maximum atomic E-state index is 13.2. The van der Waals surface area contributed by atoms with Gasteiger partial charge in [-0.3, -0.25) is 19.4 Å². The fourth-order valence-electron chi connectivity index (χ4n) is 4.05. The zero-order valence-corrected chi connectivity index (χ0v) is 22.9. The number of hydrogen-bond acceptors (Lipinski definition) is 7. The number of rotatable bonds is 9. The molecule has 7 nitrogen and oxygen atoms in total. The maximum Gasteiger partial charge on any atom is 0.417 e. The molecule has 0 radical (unpaired) electrons. The van der Waals surface area contributed by atoms with Gasteiger partial charge >= 0.3 is 12.1 Å². The van der Waals surface area contributed by atoms with Crippen LogP contribution in [-0.4, -0.2) is 77.1 Å². The van der Waals surface area contributed by atoms with Crippen LogP contribution in [0.25, 0.3) is 17.2 Å². The number of benzene rings is 2. The van der Waals surface area contributed by atoms with Crippen molar-refractivity contribution in [3.8, 4) is 16.9 Å².